The highest BCUT2D eigenvalue weighted by Crippen LogP contribution is 2.37. The topological polar surface area (TPSA) is 87.3 Å². The van der Waals surface area contributed by atoms with Gasteiger partial charge in [0, 0.05) is 21.8 Å². The second-order valence-electron chi connectivity index (χ2n) is 11.0. The molecule has 0 aromatic heterocycles. The Morgan fingerprint density at radius 2 is 1.33 bits per heavy atom. The van der Waals surface area contributed by atoms with E-state index in [4.69, 9.17) is 0 Å². The fourth-order valence-electron chi connectivity index (χ4n) is 4.75. The van der Waals surface area contributed by atoms with Crippen LogP contribution >= 0.6 is 11.8 Å². The average molecular weight is 626 g/mol. The van der Waals surface area contributed by atoms with Gasteiger partial charge in [-0.2, -0.15) is 0 Å². The van der Waals surface area contributed by atoms with E-state index in [0.717, 1.165) is 38.4 Å². The van der Waals surface area contributed by atoms with Crippen LogP contribution in [0.2, 0.25) is 0 Å². The van der Waals surface area contributed by atoms with Crippen LogP contribution in [0.3, 0.4) is 0 Å². The molecule has 0 aliphatic rings. The molecule has 3 amide bonds. The smallest absolute Gasteiger partial charge is 0.272 e. The molecule has 0 saturated heterocycles. The Balaban J connectivity index is 1.33. The lowest BCUT2D eigenvalue weighted by Gasteiger charge is -2.18. The SMILES string of the molecule is Cc1cccc(/C=C(\NC(=O)c2ccccc2)C(=O)Nc2ccc(SC(C(=O)Nc3ccc(C)c(C)c3)c3ccccc3)cc2)c1. The first-order valence-electron chi connectivity index (χ1n) is 14.9. The molecule has 5 aromatic rings. The Kier molecular flexibility index (Phi) is 10.5. The number of amides is 3. The fraction of sp³-hybridized carbons (Fsp3) is 0.103. The van der Waals surface area contributed by atoms with Crippen molar-refractivity contribution in [1.29, 1.82) is 0 Å². The van der Waals surface area contributed by atoms with Crippen LogP contribution in [0.15, 0.2) is 138 Å². The van der Waals surface area contributed by atoms with E-state index in [0.29, 0.717) is 11.3 Å². The highest BCUT2D eigenvalue weighted by Gasteiger charge is 2.23. The quantitative estimate of drug-likeness (QED) is 0.107. The zero-order chi connectivity index (χ0) is 32.5. The summed E-state index contributed by atoms with van der Waals surface area (Å²) >= 11 is 1.43. The molecule has 5 aromatic carbocycles. The van der Waals surface area contributed by atoms with Crippen LogP contribution in [0.4, 0.5) is 11.4 Å². The number of hydrogen-bond acceptors (Lipinski definition) is 4. The Bertz CT molecular complexity index is 1870. The third-order valence-corrected chi connectivity index (χ3v) is 8.63. The van der Waals surface area contributed by atoms with Crippen molar-refractivity contribution in [2.24, 2.45) is 0 Å². The molecule has 3 N–H and O–H groups in total. The Morgan fingerprint density at radius 1 is 0.652 bits per heavy atom. The van der Waals surface area contributed by atoms with Crippen molar-refractivity contribution in [2.45, 2.75) is 30.9 Å². The van der Waals surface area contributed by atoms with Gasteiger partial charge in [-0.3, -0.25) is 14.4 Å². The number of carbonyl (C=O) groups is 3. The van der Waals surface area contributed by atoms with Gasteiger partial charge in [-0.15, -0.1) is 11.8 Å². The van der Waals surface area contributed by atoms with Crippen LogP contribution in [-0.2, 0) is 9.59 Å². The molecule has 0 saturated carbocycles. The molecule has 230 valence electrons. The number of carbonyl (C=O) groups excluding carboxylic acids is 3. The molecule has 0 aliphatic carbocycles. The number of nitrogens with one attached hydrogen (secondary N) is 3. The van der Waals surface area contributed by atoms with Crippen LogP contribution in [0.1, 0.15) is 43.4 Å². The Labute approximate surface area is 274 Å². The van der Waals surface area contributed by atoms with Gasteiger partial charge in [-0.05, 0) is 97.6 Å². The van der Waals surface area contributed by atoms with Gasteiger partial charge < -0.3 is 16.0 Å². The molecule has 46 heavy (non-hydrogen) atoms. The minimum atomic E-state index is -0.500. The van der Waals surface area contributed by atoms with Gasteiger partial charge in [0.2, 0.25) is 5.91 Å². The standard InChI is InChI=1S/C39H35N3O3S/c1-26-11-10-12-29(23-26)25-35(42-37(43)31-15-8-5-9-16-31)38(44)40-32-19-21-34(22-20-32)46-36(30-13-6-4-7-14-30)39(45)41-33-18-17-27(2)28(3)24-33/h4-25,36H,1-3H3,(H,40,44)(H,41,45)(H,42,43)/b35-25-. The molecule has 0 heterocycles. The predicted octanol–water partition coefficient (Wildman–Crippen LogP) is 8.49. The number of hydrogen-bond donors (Lipinski definition) is 3. The van der Waals surface area contributed by atoms with Crippen LogP contribution in [0, 0.1) is 20.8 Å². The van der Waals surface area contributed by atoms with E-state index in [1.54, 1.807) is 42.5 Å². The van der Waals surface area contributed by atoms with E-state index >= 15 is 0 Å². The number of rotatable bonds is 10. The van der Waals surface area contributed by atoms with Crippen molar-refractivity contribution < 1.29 is 14.4 Å². The van der Waals surface area contributed by atoms with Gasteiger partial charge in [0.1, 0.15) is 10.9 Å². The Hall–Kier alpha value is -5.40. The maximum Gasteiger partial charge on any atom is 0.272 e. The average Bonchev–Trinajstić information content (AvgIpc) is 3.06. The van der Waals surface area contributed by atoms with Gasteiger partial charge in [-0.25, -0.2) is 0 Å². The lowest BCUT2D eigenvalue weighted by Crippen LogP contribution is -2.30. The number of benzene rings is 5. The van der Waals surface area contributed by atoms with Crippen LogP contribution < -0.4 is 16.0 Å². The summed E-state index contributed by atoms with van der Waals surface area (Å²) in [6.07, 6.45) is 1.66. The van der Waals surface area contributed by atoms with Crippen molar-refractivity contribution in [2.75, 3.05) is 10.6 Å². The summed E-state index contributed by atoms with van der Waals surface area (Å²) in [4.78, 5) is 40.8. The summed E-state index contributed by atoms with van der Waals surface area (Å²) in [5.74, 6) is -0.967. The minimum absolute atomic E-state index is 0.116. The van der Waals surface area contributed by atoms with E-state index in [1.807, 2.05) is 112 Å². The molecular formula is C39H35N3O3S. The van der Waals surface area contributed by atoms with E-state index < -0.39 is 11.2 Å². The first-order valence-corrected chi connectivity index (χ1v) is 15.8. The summed E-state index contributed by atoms with van der Waals surface area (Å²) in [5.41, 5.74) is 6.84. The maximum absolute atomic E-state index is 13.5. The zero-order valence-electron chi connectivity index (χ0n) is 25.9. The molecule has 5 rings (SSSR count). The van der Waals surface area contributed by atoms with Crippen molar-refractivity contribution >= 4 is 46.9 Å². The molecule has 0 spiro atoms. The largest absolute Gasteiger partial charge is 0.325 e. The Morgan fingerprint density at radius 3 is 2.00 bits per heavy atom. The van der Waals surface area contributed by atoms with E-state index in [-0.39, 0.29) is 17.5 Å². The molecular weight excluding hydrogens is 591 g/mol. The fourth-order valence-corrected chi connectivity index (χ4v) is 5.77. The molecule has 7 heteroatoms. The minimum Gasteiger partial charge on any atom is -0.325 e. The van der Waals surface area contributed by atoms with Gasteiger partial charge >= 0.3 is 0 Å². The second-order valence-corrected chi connectivity index (χ2v) is 12.1. The molecule has 0 bridgehead atoms. The molecule has 0 radical (unpaired) electrons. The maximum atomic E-state index is 13.5. The number of thioether (sulfide) groups is 1. The first kappa shape index (κ1) is 32.0. The van der Waals surface area contributed by atoms with Gasteiger partial charge in [-0.1, -0.05) is 84.4 Å². The highest BCUT2D eigenvalue weighted by molar-refractivity contribution is 8.00. The van der Waals surface area contributed by atoms with E-state index in [1.165, 1.54) is 11.8 Å². The van der Waals surface area contributed by atoms with E-state index in [9.17, 15) is 14.4 Å². The van der Waals surface area contributed by atoms with Crippen LogP contribution in [0.5, 0.6) is 0 Å². The summed E-state index contributed by atoms with van der Waals surface area (Å²) in [7, 11) is 0. The summed E-state index contributed by atoms with van der Waals surface area (Å²) in [5, 5.41) is 8.25. The van der Waals surface area contributed by atoms with Gasteiger partial charge in [0.15, 0.2) is 0 Å². The molecule has 1 unspecified atom stereocenters. The van der Waals surface area contributed by atoms with Crippen LogP contribution in [0.25, 0.3) is 6.08 Å². The molecule has 1 atom stereocenters. The molecule has 0 fully saturated rings. The number of aryl methyl sites for hydroxylation is 3. The highest BCUT2D eigenvalue weighted by atomic mass is 32.2. The lowest BCUT2D eigenvalue weighted by molar-refractivity contribution is -0.116. The summed E-state index contributed by atoms with van der Waals surface area (Å²) < 4.78 is 0. The first-order chi connectivity index (χ1) is 22.2. The zero-order valence-corrected chi connectivity index (χ0v) is 26.7. The van der Waals surface area contributed by atoms with Gasteiger partial charge in [0.05, 0.1) is 0 Å². The predicted molar refractivity (Wildman–Crippen MR) is 188 cm³/mol. The monoisotopic (exact) mass is 625 g/mol. The van der Waals surface area contributed by atoms with Gasteiger partial charge in [0.25, 0.3) is 11.8 Å². The lowest BCUT2D eigenvalue weighted by atomic mass is 10.1. The van der Waals surface area contributed by atoms with E-state index in [2.05, 4.69) is 16.0 Å². The normalized spacial score (nSPS) is 11.8. The van der Waals surface area contributed by atoms with Crippen molar-refractivity contribution in [1.82, 2.24) is 5.32 Å². The number of anilines is 2. The van der Waals surface area contributed by atoms with Crippen molar-refractivity contribution in [3.8, 4) is 0 Å². The summed E-state index contributed by atoms with van der Waals surface area (Å²) in [6, 6.07) is 39.3. The van der Waals surface area contributed by atoms with Crippen molar-refractivity contribution in [3.63, 3.8) is 0 Å². The second kappa shape index (κ2) is 15.1. The van der Waals surface area contributed by atoms with Crippen LogP contribution in [-0.4, -0.2) is 17.7 Å². The molecule has 6 nitrogen and oxygen atoms in total. The van der Waals surface area contributed by atoms with Crippen molar-refractivity contribution in [3.05, 3.63) is 166 Å². The third kappa shape index (κ3) is 8.61. The third-order valence-electron chi connectivity index (χ3n) is 7.36. The summed E-state index contributed by atoms with van der Waals surface area (Å²) in [6.45, 7) is 6.03. The molecule has 0 aliphatic heterocycles.